The lowest BCUT2D eigenvalue weighted by Gasteiger charge is -2.11. The van der Waals surface area contributed by atoms with Gasteiger partial charge in [0.05, 0.1) is 12.2 Å². The number of nitrogens with zero attached hydrogens (tertiary/aromatic N) is 2. The lowest BCUT2D eigenvalue weighted by Crippen LogP contribution is -2.35. The second kappa shape index (κ2) is 8.76. The van der Waals surface area contributed by atoms with Crippen molar-refractivity contribution >= 4 is 34.1 Å². The predicted octanol–water partition coefficient (Wildman–Crippen LogP) is 3.42. The topological polar surface area (TPSA) is 112 Å². The number of carbonyl (C=O) groups is 2. The largest absolute Gasteiger partial charge is 0.325 e. The Balaban J connectivity index is 1.47. The molecular weight excluding hydrogens is 392 g/mol. The summed E-state index contributed by atoms with van der Waals surface area (Å²) in [5.74, 6) is 0.511. The Morgan fingerprint density at radius 1 is 0.935 bits per heavy atom. The Hall–Kier alpha value is -4.04. The number of pyridine rings is 1. The van der Waals surface area contributed by atoms with E-state index >= 15 is 0 Å². The molecule has 2 aromatic heterocycles. The summed E-state index contributed by atoms with van der Waals surface area (Å²) in [6, 6.07) is 16.3. The fourth-order valence-electron chi connectivity index (χ4n) is 3.04. The SMILES string of the molecule is CNC(C)C(=O)Nc1cccc(C(=O)Nc2cnc(-c3cc4ccccc4cn3)[nH]2)c1. The van der Waals surface area contributed by atoms with Gasteiger partial charge in [0, 0.05) is 22.8 Å². The number of nitrogens with one attached hydrogen (secondary N) is 4. The minimum atomic E-state index is -0.343. The third kappa shape index (κ3) is 4.59. The Kier molecular flexibility index (Phi) is 5.72. The number of benzene rings is 2. The summed E-state index contributed by atoms with van der Waals surface area (Å²) in [6.45, 7) is 1.76. The van der Waals surface area contributed by atoms with Crippen LogP contribution in [0.4, 0.5) is 11.5 Å². The number of aromatic amines is 1. The van der Waals surface area contributed by atoms with Crippen LogP contribution in [0, 0.1) is 0 Å². The molecule has 31 heavy (non-hydrogen) atoms. The van der Waals surface area contributed by atoms with Gasteiger partial charge in [0.15, 0.2) is 5.82 Å². The van der Waals surface area contributed by atoms with Crippen LogP contribution >= 0.6 is 0 Å². The molecule has 156 valence electrons. The summed E-state index contributed by atoms with van der Waals surface area (Å²) in [5.41, 5.74) is 1.64. The van der Waals surface area contributed by atoms with Gasteiger partial charge in [-0.2, -0.15) is 0 Å². The van der Waals surface area contributed by atoms with Crippen molar-refractivity contribution in [1.29, 1.82) is 0 Å². The van der Waals surface area contributed by atoms with E-state index < -0.39 is 0 Å². The molecule has 0 spiro atoms. The molecule has 2 heterocycles. The van der Waals surface area contributed by atoms with Crippen LogP contribution in [0.3, 0.4) is 0 Å². The summed E-state index contributed by atoms with van der Waals surface area (Å²) < 4.78 is 0. The van der Waals surface area contributed by atoms with E-state index in [1.807, 2.05) is 30.3 Å². The maximum Gasteiger partial charge on any atom is 0.256 e. The van der Waals surface area contributed by atoms with Crippen LogP contribution in [-0.2, 0) is 4.79 Å². The van der Waals surface area contributed by atoms with E-state index in [4.69, 9.17) is 0 Å². The second-order valence-corrected chi connectivity index (χ2v) is 7.10. The van der Waals surface area contributed by atoms with Crippen molar-refractivity contribution in [3.63, 3.8) is 0 Å². The van der Waals surface area contributed by atoms with Crippen LogP contribution in [0.1, 0.15) is 17.3 Å². The average Bonchev–Trinajstić information content (AvgIpc) is 3.26. The molecule has 8 nitrogen and oxygen atoms in total. The highest BCUT2D eigenvalue weighted by molar-refractivity contribution is 6.05. The molecule has 4 aromatic rings. The minimum Gasteiger partial charge on any atom is -0.325 e. The van der Waals surface area contributed by atoms with Crippen LogP contribution in [0.5, 0.6) is 0 Å². The molecule has 0 aliphatic carbocycles. The van der Waals surface area contributed by atoms with E-state index in [-0.39, 0.29) is 17.9 Å². The number of imidazole rings is 1. The highest BCUT2D eigenvalue weighted by atomic mass is 16.2. The van der Waals surface area contributed by atoms with E-state index in [1.165, 1.54) is 0 Å². The molecular formula is C23H22N6O2. The van der Waals surface area contributed by atoms with Crippen LogP contribution in [0.2, 0.25) is 0 Å². The van der Waals surface area contributed by atoms with Crippen molar-refractivity contribution in [3.05, 3.63) is 72.6 Å². The fraction of sp³-hybridized carbons (Fsp3) is 0.130. The molecule has 0 radical (unpaired) electrons. The molecule has 2 aromatic carbocycles. The van der Waals surface area contributed by atoms with E-state index in [2.05, 4.69) is 30.9 Å². The third-order valence-corrected chi connectivity index (χ3v) is 4.92. The first-order chi connectivity index (χ1) is 15.0. The molecule has 1 atom stereocenters. The molecule has 0 bridgehead atoms. The zero-order chi connectivity index (χ0) is 21.8. The van der Waals surface area contributed by atoms with Crippen molar-refractivity contribution in [2.45, 2.75) is 13.0 Å². The molecule has 0 aliphatic rings. The van der Waals surface area contributed by atoms with E-state index in [9.17, 15) is 9.59 Å². The number of hydrogen-bond acceptors (Lipinski definition) is 5. The van der Waals surface area contributed by atoms with Gasteiger partial charge < -0.3 is 20.9 Å². The van der Waals surface area contributed by atoms with Crippen molar-refractivity contribution in [2.24, 2.45) is 0 Å². The van der Waals surface area contributed by atoms with Crippen molar-refractivity contribution < 1.29 is 9.59 Å². The number of anilines is 2. The number of H-pyrrole nitrogens is 1. The Bertz CT molecular complexity index is 1250. The number of rotatable bonds is 6. The summed E-state index contributed by atoms with van der Waals surface area (Å²) >= 11 is 0. The molecule has 4 rings (SSSR count). The molecule has 2 amide bonds. The lowest BCUT2D eigenvalue weighted by atomic mass is 10.1. The number of aromatic nitrogens is 3. The summed E-state index contributed by atoms with van der Waals surface area (Å²) in [7, 11) is 1.71. The van der Waals surface area contributed by atoms with E-state index in [0.29, 0.717) is 28.6 Å². The first-order valence-electron chi connectivity index (χ1n) is 9.83. The quantitative estimate of drug-likeness (QED) is 0.386. The van der Waals surface area contributed by atoms with Gasteiger partial charge in [0.2, 0.25) is 5.91 Å². The zero-order valence-corrected chi connectivity index (χ0v) is 17.1. The first-order valence-corrected chi connectivity index (χ1v) is 9.83. The Labute approximate surface area is 179 Å². The van der Waals surface area contributed by atoms with Crippen molar-refractivity contribution in [1.82, 2.24) is 20.3 Å². The first kappa shape index (κ1) is 20.2. The maximum absolute atomic E-state index is 12.7. The molecule has 0 saturated heterocycles. The van der Waals surface area contributed by atoms with Gasteiger partial charge in [-0.25, -0.2) is 4.98 Å². The second-order valence-electron chi connectivity index (χ2n) is 7.10. The average molecular weight is 414 g/mol. The smallest absolute Gasteiger partial charge is 0.256 e. The molecule has 8 heteroatoms. The highest BCUT2D eigenvalue weighted by Crippen LogP contribution is 2.21. The van der Waals surface area contributed by atoms with Gasteiger partial charge in [-0.3, -0.25) is 14.6 Å². The number of amides is 2. The van der Waals surface area contributed by atoms with Gasteiger partial charge in [0.25, 0.3) is 5.91 Å². The zero-order valence-electron chi connectivity index (χ0n) is 17.1. The maximum atomic E-state index is 12.7. The Morgan fingerprint density at radius 3 is 2.55 bits per heavy atom. The third-order valence-electron chi connectivity index (χ3n) is 4.92. The standard InChI is InChI=1S/C23H22N6O2/c1-14(24-2)22(30)27-18-9-5-8-16(10-18)23(31)29-20-13-26-21(28-20)19-11-15-6-3-4-7-17(15)12-25-19/h3-14,24H,1-2H3,(H,26,28)(H,27,30)(H,29,31). The van der Waals surface area contributed by atoms with E-state index in [0.717, 1.165) is 10.8 Å². The minimum absolute atomic E-state index is 0.179. The number of carbonyl (C=O) groups excluding carboxylic acids is 2. The van der Waals surface area contributed by atoms with Gasteiger partial charge in [-0.15, -0.1) is 0 Å². The molecule has 0 saturated carbocycles. The summed E-state index contributed by atoms with van der Waals surface area (Å²) in [5, 5.41) is 10.5. The van der Waals surface area contributed by atoms with E-state index in [1.54, 1.807) is 50.6 Å². The molecule has 0 aliphatic heterocycles. The van der Waals surface area contributed by atoms with Gasteiger partial charge in [-0.05, 0) is 43.6 Å². The van der Waals surface area contributed by atoms with Crippen LogP contribution < -0.4 is 16.0 Å². The monoisotopic (exact) mass is 414 g/mol. The number of likely N-dealkylation sites (N-methyl/N-ethyl adjacent to an activating group) is 1. The molecule has 1 unspecified atom stereocenters. The lowest BCUT2D eigenvalue weighted by molar-refractivity contribution is -0.117. The summed E-state index contributed by atoms with van der Waals surface area (Å²) in [4.78, 5) is 36.6. The number of fused-ring (bicyclic) bond motifs is 1. The van der Waals surface area contributed by atoms with Crippen LogP contribution in [0.15, 0.2) is 67.0 Å². The van der Waals surface area contributed by atoms with Crippen LogP contribution in [0.25, 0.3) is 22.3 Å². The Morgan fingerprint density at radius 2 is 1.74 bits per heavy atom. The van der Waals surface area contributed by atoms with Crippen LogP contribution in [-0.4, -0.2) is 39.9 Å². The molecule has 0 fully saturated rings. The van der Waals surface area contributed by atoms with Gasteiger partial charge >= 0.3 is 0 Å². The van der Waals surface area contributed by atoms with Crippen molar-refractivity contribution in [3.8, 4) is 11.5 Å². The molecule has 4 N–H and O–H groups in total. The highest BCUT2D eigenvalue weighted by Gasteiger charge is 2.13. The van der Waals surface area contributed by atoms with Crippen molar-refractivity contribution in [2.75, 3.05) is 17.7 Å². The van der Waals surface area contributed by atoms with Gasteiger partial charge in [0.1, 0.15) is 11.5 Å². The predicted molar refractivity (Wildman–Crippen MR) is 121 cm³/mol. The fourth-order valence-corrected chi connectivity index (χ4v) is 3.04. The number of hydrogen-bond donors (Lipinski definition) is 4. The summed E-state index contributed by atoms with van der Waals surface area (Å²) in [6.07, 6.45) is 3.34. The normalized spacial score (nSPS) is 11.8. The van der Waals surface area contributed by atoms with Gasteiger partial charge in [-0.1, -0.05) is 30.3 Å².